The Balaban J connectivity index is 2.39. The van der Waals surface area contributed by atoms with Crippen LogP contribution < -0.4 is 0 Å². The van der Waals surface area contributed by atoms with Gasteiger partial charge in [0.25, 0.3) is 0 Å². The molecule has 65 valence electrons. The van der Waals surface area contributed by atoms with Gasteiger partial charge < -0.3 is 0 Å². The molecule has 0 N–H and O–H groups in total. The first kappa shape index (κ1) is 8.10. The van der Waals surface area contributed by atoms with Crippen LogP contribution in [0.15, 0.2) is 22.3 Å². The summed E-state index contributed by atoms with van der Waals surface area (Å²) in [5.41, 5.74) is 6.47. The van der Waals surface area contributed by atoms with E-state index in [0.717, 1.165) is 0 Å². The molecule has 0 bridgehead atoms. The Hall–Kier alpha value is -0.520. The maximum absolute atomic E-state index is 2.28. The van der Waals surface area contributed by atoms with Crippen molar-refractivity contribution in [3.05, 3.63) is 28.2 Å². The first-order valence-corrected chi connectivity index (χ1v) is 4.96. The topological polar surface area (TPSA) is 0 Å². The molecule has 2 rings (SSSR count). The second-order valence-corrected chi connectivity index (χ2v) is 4.04. The number of allylic oxidation sites excluding steroid dienone is 4. The maximum atomic E-state index is 2.28. The van der Waals surface area contributed by atoms with E-state index in [4.69, 9.17) is 0 Å². The van der Waals surface area contributed by atoms with Gasteiger partial charge in [-0.3, -0.25) is 0 Å². The van der Waals surface area contributed by atoms with Crippen molar-refractivity contribution in [2.24, 2.45) is 0 Å². The maximum Gasteiger partial charge on any atom is 0.0229 e. The van der Waals surface area contributed by atoms with Gasteiger partial charge in [0.05, 0.1) is 0 Å². The van der Waals surface area contributed by atoms with Gasteiger partial charge in [-0.1, -0.05) is 18.1 Å². The molecule has 0 amide bonds. The molecule has 1 radical (unpaired) electrons. The lowest BCUT2D eigenvalue weighted by Gasteiger charge is -2.17. The summed E-state index contributed by atoms with van der Waals surface area (Å²) in [6.45, 7) is 6.84. The van der Waals surface area contributed by atoms with Crippen LogP contribution in [-0.2, 0) is 0 Å². The molecule has 2 aliphatic carbocycles. The summed E-state index contributed by atoms with van der Waals surface area (Å²) in [6, 6.07) is 0. The largest absolute Gasteiger partial charge is 0.0589 e. The van der Waals surface area contributed by atoms with Gasteiger partial charge >= 0.3 is 0 Å². The van der Waals surface area contributed by atoms with Crippen LogP contribution in [0.3, 0.4) is 0 Å². The molecule has 0 aromatic heterocycles. The van der Waals surface area contributed by atoms with Crippen LogP contribution in [0.4, 0.5) is 0 Å². The molecule has 2 aliphatic rings. The van der Waals surface area contributed by atoms with E-state index in [1.165, 1.54) is 25.7 Å². The summed E-state index contributed by atoms with van der Waals surface area (Å²) < 4.78 is 0. The predicted octanol–water partition coefficient (Wildman–Crippen LogP) is 3.80. The molecule has 0 saturated carbocycles. The normalized spacial score (nSPS) is 25.2. The van der Waals surface area contributed by atoms with Crippen LogP contribution in [0.5, 0.6) is 0 Å². The van der Waals surface area contributed by atoms with Gasteiger partial charge in [0.1, 0.15) is 0 Å². The van der Waals surface area contributed by atoms with Gasteiger partial charge in [-0.25, -0.2) is 0 Å². The van der Waals surface area contributed by atoms with E-state index in [-0.39, 0.29) is 0 Å². The number of hydrogen-bond donors (Lipinski definition) is 0. The summed E-state index contributed by atoms with van der Waals surface area (Å²) in [7, 11) is 0. The van der Waals surface area contributed by atoms with Crippen molar-refractivity contribution in [1.82, 2.24) is 0 Å². The molecule has 0 saturated heterocycles. The average molecular weight is 161 g/mol. The highest BCUT2D eigenvalue weighted by molar-refractivity contribution is 5.58. The summed E-state index contributed by atoms with van der Waals surface area (Å²) in [5.74, 6) is 1.57. The van der Waals surface area contributed by atoms with Gasteiger partial charge in [0.2, 0.25) is 0 Å². The first-order valence-electron chi connectivity index (χ1n) is 4.96. The zero-order valence-electron chi connectivity index (χ0n) is 8.33. The summed E-state index contributed by atoms with van der Waals surface area (Å²) in [4.78, 5) is 0. The van der Waals surface area contributed by atoms with Crippen LogP contribution in [0, 0.1) is 5.92 Å². The smallest absolute Gasteiger partial charge is 0.0229 e. The molecule has 0 unspecified atom stereocenters. The lowest BCUT2D eigenvalue weighted by atomic mass is 9.88. The fourth-order valence-electron chi connectivity index (χ4n) is 2.47. The van der Waals surface area contributed by atoms with Crippen molar-refractivity contribution >= 4 is 0 Å². The van der Waals surface area contributed by atoms with E-state index in [0.29, 0.717) is 0 Å². The molecule has 0 aliphatic heterocycles. The van der Waals surface area contributed by atoms with Crippen LogP contribution in [0.2, 0.25) is 0 Å². The lowest BCUT2D eigenvalue weighted by molar-refractivity contribution is 0.681. The molecule has 0 aromatic rings. The van der Waals surface area contributed by atoms with Crippen molar-refractivity contribution in [3.63, 3.8) is 0 Å². The van der Waals surface area contributed by atoms with Crippen LogP contribution in [0.1, 0.15) is 46.5 Å². The van der Waals surface area contributed by atoms with Gasteiger partial charge in [-0.15, -0.1) is 0 Å². The van der Waals surface area contributed by atoms with E-state index in [1.54, 1.807) is 28.2 Å². The zero-order valence-corrected chi connectivity index (χ0v) is 8.33. The molecule has 12 heavy (non-hydrogen) atoms. The second kappa shape index (κ2) is 2.76. The molecular weight excluding hydrogens is 144 g/mol. The van der Waals surface area contributed by atoms with E-state index < -0.39 is 0 Å². The minimum atomic E-state index is 1.33. The van der Waals surface area contributed by atoms with Crippen LogP contribution in [-0.4, -0.2) is 0 Å². The quantitative estimate of drug-likeness (QED) is 0.507. The highest BCUT2D eigenvalue weighted by Gasteiger charge is 2.27. The fraction of sp³-hybridized carbons (Fsp3) is 0.583. The molecule has 0 aromatic carbocycles. The number of hydrogen-bond acceptors (Lipinski definition) is 0. The van der Waals surface area contributed by atoms with Gasteiger partial charge in [0, 0.05) is 5.92 Å². The Bertz CT molecular complexity index is 266. The van der Waals surface area contributed by atoms with E-state index in [9.17, 15) is 0 Å². The van der Waals surface area contributed by atoms with Crippen molar-refractivity contribution in [2.45, 2.75) is 46.5 Å². The van der Waals surface area contributed by atoms with Crippen LogP contribution in [0.25, 0.3) is 0 Å². The highest BCUT2D eigenvalue weighted by Crippen LogP contribution is 2.45. The third-order valence-electron chi connectivity index (χ3n) is 3.50. The summed E-state index contributed by atoms with van der Waals surface area (Å²) in [5, 5.41) is 0. The van der Waals surface area contributed by atoms with Crippen LogP contribution >= 0.6 is 0 Å². The first-order chi connectivity index (χ1) is 5.72. The van der Waals surface area contributed by atoms with Crippen molar-refractivity contribution in [1.29, 1.82) is 0 Å². The monoisotopic (exact) mass is 161 g/mol. The Labute approximate surface area is 75.4 Å². The zero-order chi connectivity index (χ0) is 8.72. The van der Waals surface area contributed by atoms with Gasteiger partial charge in [-0.05, 0) is 50.7 Å². The standard InChI is InChI=1S/C12H17/c1-8-9(2)11-6-4-5-7-12(11)10(8)3/h4-7H2,1-3H3. The van der Waals surface area contributed by atoms with E-state index in [2.05, 4.69) is 20.8 Å². The van der Waals surface area contributed by atoms with Gasteiger partial charge in [0.15, 0.2) is 0 Å². The third-order valence-corrected chi connectivity index (χ3v) is 3.50. The number of rotatable bonds is 0. The molecule has 0 fully saturated rings. The minimum Gasteiger partial charge on any atom is -0.0589 e. The van der Waals surface area contributed by atoms with Crippen molar-refractivity contribution in [2.75, 3.05) is 0 Å². The Kier molecular flexibility index (Phi) is 1.86. The molecular formula is C12H17. The van der Waals surface area contributed by atoms with Crippen molar-refractivity contribution in [3.8, 4) is 0 Å². The van der Waals surface area contributed by atoms with E-state index in [1.807, 2.05) is 0 Å². The molecule has 0 heterocycles. The SMILES string of the molecule is C[C]1C(C)=C(C)C2=C1CCCC2. The Morgan fingerprint density at radius 2 is 1.33 bits per heavy atom. The van der Waals surface area contributed by atoms with Crippen molar-refractivity contribution < 1.29 is 0 Å². The predicted molar refractivity (Wildman–Crippen MR) is 52.8 cm³/mol. The Morgan fingerprint density at radius 1 is 0.750 bits per heavy atom. The molecule has 0 spiro atoms. The summed E-state index contributed by atoms with van der Waals surface area (Å²) >= 11 is 0. The highest BCUT2D eigenvalue weighted by atomic mass is 14.3. The average Bonchev–Trinajstić information content (AvgIpc) is 2.33. The second-order valence-electron chi connectivity index (χ2n) is 4.04. The lowest BCUT2D eigenvalue weighted by Crippen LogP contribution is -2.00. The Morgan fingerprint density at radius 3 is 1.92 bits per heavy atom. The summed E-state index contributed by atoms with van der Waals surface area (Å²) in [6.07, 6.45) is 5.46. The molecule has 0 atom stereocenters. The molecule has 0 heteroatoms. The minimum absolute atomic E-state index is 1.33. The molecule has 0 nitrogen and oxygen atoms in total. The third kappa shape index (κ3) is 0.972. The van der Waals surface area contributed by atoms with Gasteiger partial charge in [-0.2, -0.15) is 0 Å². The van der Waals surface area contributed by atoms with E-state index >= 15 is 0 Å². The fourth-order valence-corrected chi connectivity index (χ4v) is 2.47.